The highest BCUT2D eigenvalue weighted by molar-refractivity contribution is 5.95. The van der Waals surface area contributed by atoms with Crippen molar-refractivity contribution in [1.29, 1.82) is 0 Å². The number of nitrogens with one attached hydrogen (secondary N) is 2. The Morgan fingerprint density at radius 3 is 2.87 bits per heavy atom. The van der Waals surface area contributed by atoms with Gasteiger partial charge in [0.15, 0.2) is 6.23 Å². The van der Waals surface area contributed by atoms with Crippen molar-refractivity contribution >= 4 is 22.7 Å². The maximum atomic E-state index is 11.9. The number of carbonyl (C=O) groups excluding carboxylic acids is 1. The second-order valence-corrected chi connectivity index (χ2v) is 7.83. The van der Waals surface area contributed by atoms with Crippen molar-refractivity contribution in [3.05, 3.63) is 48.0 Å². The summed E-state index contributed by atoms with van der Waals surface area (Å²) in [4.78, 5) is 11.9. The van der Waals surface area contributed by atoms with Crippen molar-refractivity contribution in [1.82, 2.24) is 15.1 Å². The number of anilines is 1. The van der Waals surface area contributed by atoms with Crippen LogP contribution in [0.3, 0.4) is 0 Å². The highest BCUT2D eigenvalue weighted by atomic mass is 16.5. The lowest BCUT2D eigenvalue weighted by molar-refractivity contribution is -0.0365. The van der Waals surface area contributed by atoms with Crippen LogP contribution in [0, 0.1) is 0 Å². The molecule has 1 unspecified atom stereocenters. The molecule has 3 heterocycles. The summed E-state index contributed by atoms with van der Waals surface area (Å²) < 4.78 is 13.4. The Balaban J connectivity index is 1.61. The van der Waals surface area contributed by atoms with Gasteiger partial charge in [0.25, 0.3) is 0 Å². The number of benzene rings is 2. The average Bonchev–Trinajstić information content (AvgIpc) is 3.17. The maximum Gasteiger partial charge on any atom is 0.407 e. The summed E-state index contributed by atoms with van der Waals surface area (Å²) >= 11 is 0. The van der Waals surface area contributed by atoms with Crippen LogP contribution in [-0.2, 0) is 16.1 Å². The van der Waals surface area contributed by atoms with Gasteiger partial charge in [0.2, 0.25) is 0 Å². The van der Waals surface area contributed by atoms with Gasteiger partial charge in [-0.05, 0) is 55.5 Å². The van der Waals surface area contributed by atoms with E-state index in [9.17, 15) is 4.79 Å². The number of alkyl carbamates (subject to hydrolysis) is 1. The lowest BCUT2D eigenvalue weighted by Crippen LogP contribution is -2.26. The highest BCUT2D eigenvalue weighted by Crippen LogP contribution is 2.34. The second kappa shape index (κ2) is 8.36. The quantitative estimate of drug-likeness (QED) is 0.625. The molecule has 0 aliphatic carbocycles. The van der Waals surface area contributed by atoms with E-state index in [-0.39, 0.29) is 12.8 Å². The van der Waals surface area contributed by atoms with Gasteiger partial charge in [0, 0.05) is 36.3 Å². The van der Waals surface area contributed by atoms with Crippen molar-refractivity contribution in [3.8, 4) is 11.3 Å². The largest absolute Gasteiger partial charge is 0.445 e. The molecule has 2 aliphatic rings. The van der Waals surface area contributed by atoms with Crippen LogP contribution in [0.1, 0.15) is 37.5 Å². The number of amides is 1. The van der Waals surface area contributed by atoms with Crippen molar-refractivity contribution in [2.45, 2.75) is 38.5 Å². The van der Waals surface area contributed by atoms with Crippen molar-refractivity contribution in [3.63, 3.8) is 0 Å². The molecule has 30 heavy (non-hydrogen) atoms. The predicted octanol–water partition coefficient (Wildman–Crippen LogP) is 4.44. The van der Waals surface area contributed by atoms with Crippen LogP contribution < -0.4 is 10.6 Å². The fraction of sp³-hybridized carbons (Fsp3) is 0.391. The SMILES string of the molecule is O=C1NCCCNc2ccc3c(c2)c(nn3C2CCCCO2)-c2cccc(c2)CO1. The van der Waals surface area contributed by atoms with Crippen LogP contribution in [0.15, 0.2) is 42.5 Å². The zero-order valence-electron chi connectivity index (χ0n) is 16.9. The summed E-state index contributed by atoms with van der Waals surface area (Å²) in [5.74, 6) is 0. The van der Waals surface area contributed by atoms with Crippen LogP contribution in [0.25, 0.3) is 22.2 Å². The molecule has 2 aromatic carbocycles. The minimum atomic E-state index is -0.392. The first-order valence-corrected chi connectivity index (χ1v) is 10.7. The average molecular weight is 406 g/mol. The van der Waals surface area contributed by atoms with Gasteiger partial charge in [-0.25, -0.2) is 9.48 Å². The fourth-order valence-electron chi connectivity index (χ4n) is 4.12. The molecule has 2 N–H and O–H groups in total. The van der Waals surface area contributed by atoms with Crippen LogP contribution in [0.4, 0.5) is 10.5 Å². The van der Waals surface area contributed by atoms with E-state index < -0.39 is 6.09 Å². The molecule has 1 aromatic heterocycles. The molecule has 0 radical (unpaired) electrons. The van der Waals surface area contributed by atoms with Crippen LogP contribution in [0.2, 0.25) is 0 Å². The number of ether oxygens (including phenoxy) is 2. The fourth-order valence-corrected chi connectivity index (χ4v) is 4.12. The monoisotopic (exact) mass is 406 g/mol. The first-order valence-electron chi connectivity index (χ1n) is 10.7. The molecule has 156 valence electrons. The first kappa shape index (κ1) is 18.9. The van der Waals surface area contributed by atoms with Gasteiger partial charge in [-0.3, -0.25) is 0 Å². The molecule has 5 rings (SSSR count). The van der Waals surface area contributed by atoms with E-state index in [1.165, 1.54) is 0 Å². The lowest BCUT2D eigenvalue weighted by atomic mass is 10.0. The molecule has 0 spiro atoms. The Kier molecular flexibility index (Phi) is 5.27. The van der Waals surface area contributed by atoms with Crippen molar-refractivity contribution in [2.24, 2.45) is 0 Å². The molecule has 1 fully saturated rings. The lowest BCUT2D eigenvalue weighted by Gasteiger charge is -2.23. The molecule has 7 heteroatoms. The Labute approximate surface area is 175 Å². The topological polar surface area (TPSA) is 77.4 Å². The summed E-state index contributed by atoms with van der Waals surface area (Å²) in [6, 6.07) is 14.4. The Morgan fingerprint density at radius 1 is 1.03 bits per heavy atom. The minimum Gasteiger partial charge on any atom is -0.445 e. The number of cyclic esters (lactones) is 1. The van der Waals surface area contributed by atoms with Gasteiger partial charge in [-0.1, -0.05) is 18.2 Å². The molecule has 1 amide bonds. The molecule has 7 nitrogen and oxygen atoms in total. The first-order chi connectivity index (χ1) is 14.8. The number of carbonyl (C=O) groups is 1. The third kappa shape index (κ3) is 3.85. The highest BCUT2D eigenvalue weighted by Gasteiger charge is 2.22. The third-order valence-corrected chi connectivity index (χ3v) is 5.66. The van der Waals surface area contributed by atoms with Gasteiger partial charge in [0.1, 0.15) is 12.3 Å². The van der Waals surface area contributed by atoms with E-state index >= 15 is 0 Å². The maximum absolute atomic E-state index is 11.9. The van der Waals surface area contributed by atoms with Gasteiger partial charge < -0.3 is 20.1 Å². The van der Waals surface area contributed by atoms with Gasteiger partial charge >= 0.3 is 6.09 Å². The molecule has 0 saturated carbocycles. The number of nitrogens with zero attached hydrogens (tertiary/aromatic N) is 2. The molecule has 1 atom stereocenters. The van der Waals surface area contributed by atoms with Crippen molar-refractivity contribution < 1.29 is 14.3 Å². The molecule has 4 bridgehead atoms. The van der Waals surface area contributed by atoms with Crippen LogP contribution in [-0.4, -0.2) is 35.6 Å². The summed E-state index contributed by atoms with van der Waals surface area (Å²) in [6.07, 6.45) is 3.61. The number of hydrogen-bond acceptors (Lipinski definition) is 5. The Hall–Kier alpha value is -3.06. The predicted molar refractivity (Wildman–Crippen MR) is 115 cm³/mol. The molecular weight excluding hydrogens is 380 g/mol. The van der Waals surface area contributed by atoms with Gasteiger partial charge in [-0.15, -0.1) is 0 Å². The zero-order chi connectivity index (χ0) is 20.3. The third-order valence-electron chi connectivity index (χ3n) is 5.66. The van der Waals surface area contributed by atoms with E-state index in [0.29, 0.717) is 6.54 Å². The molecule has 2 aliphatic heterocycles. The number of rotatable bonds is 1. The Morgan fingerprint density at radius 2 is 1.97 bits per heavy atom. The van der Waals surface area contributed by atoms with Crippen LogP contribution >= 0.6 is 0 Å². The summed E-state index contributed by atoms with van der Waals surface area (Å²) in [6.45, 7) is 2.33. The zero-order valence-corrected chi connectivity index (χ0v) is 16.9. The van der Waals surface area contributed by atoms with E-state index in [4.69, 9.17) is 14.6 Å². The second-order valence-electron chi connectivity index (χ2n) is 7.83. The van der Waals surface area contributed by atoms with E-state index in [2.05, 4.69) is 34.9 Å². The van der Waals surface area contributed by atoms with Crippen LogP contribution in [0.5, 0.6) is 0 Å². The van der Waals surface area contributed by atoms with Gasteiger partial charge in [-0.2, -0.15) is 5.10 Å². The van der Waals surface area contributed by atoms with E-state index in [1.807, 2.05) is 22.9 Å². The summed E-state index contributed by atoms with van der Waals surface area (Å²) in [5.41, 5.74) is 4.97. The Bertz CT molecular complexity index is 1060. The normalized spacial score (nSPS) is 20.0. The van der Waals surface area contributed by atoms with Crippen molar-refractivity contribution in [2.75, 3.05) is 25.0 Å². The molecule has 1 saturated heterocycles. The molecule has 3 aromatic rings. The number of fused-ring (bicyclic) bond motifs is 4. The van der Waals surface area contributed by atoms with Gasteiger partial charge in [0.05, 0.1) is 5.52 Å². The molecular formula is C23H26N4O3. The number of hydrogen-bond donors (Lipinski definition) is 2. The van der Waals surface area contributed by atoms with E-state index in [1.54, 1.807) is 0 Å². The summed E-state index contributed by atoms with van der Waals surface area (Å²) in [5, 5.41) is 12.3. The summed E-state index contributed by atoms with van der Waals surface area (Å²) in [7, 11) is 0. The standard InChI is InChI=1S/C23H26N4O3/c28-23-25-11-4-10-24-18-8-9-20-19(14-18)22(17-6-3-5-16(13-17)15-30-23)26-27(20)21-7-1-2-12-29-21/h3,5-6,8-9,13-14,21,24H,1-2,4,7,10-12,15H2,(H,25,28). The smallest absolute Gasteiger partial charge is 0.407 e. The minimum absolute atomic E-state index is 0.0328. The number of aromatic nitrogens is 2. The van der Waals surface area contributed by atoms with E-state index in [0.717, 1.165) is 72.2 Å².